The van der Waals surface area contributed by atoms with Crippen molar-refractivity contribution in [2.45, 2.75) is 13.3 Å². The first-order chi connectivity index (χ1) is 9.56. The molecule has 0 aliphatic carbocycles. The van der Waals surface area contributed by atoms with Crippen LogP contribution in [0.4, 0.5) is 5.69 Å². The van der Waals surface area contributed by atoms with E-state index in [-0.39, 0.29) is 5.78 Å². The van der Waals surface area contributed by atoms with Crippen LogP contribution in [0.2, 0.25) is 10.0 Å². The van der Waals surface area contributed by atoms with Gasteiger partial charge >= 0.3 is 0 Å². The van der Waals surface area contributed by atoms with Crippen molar-refractivity contribution in [3.8, 4) is 11.1 Å². The number of Topliss-reactive ketones (excluding diaryl/α,β-unsaturated/α-hetero) is 1. The van der Waals surface area contributed by atoms with Crippen LogP contribution >= 0.6 is 23.2 Å². The number of hydrogen-bond acceptors (Lipinski definition) is 2. The third-order valence-electron chi connectivity index (χ3n) is 3.53. The van der Waals surface area contributed by atoms with Crippen LogP contribution in [0.15, 0.2) is 30.3 Å². The van der Waals surface area contributed by atoms with Gasteiger partial charge in [-0.25, -0.2) is 0 Å². The van der Waals surface area contributed by atoms with Crippen LogP contribution in [0.1, 0.15) is 11.1 Å². The predicted octanol–water partition coefficient (Wildman–Crippen LogP) is 4.51. The van der Waals surface area contributed by atoms with Crippen LogP contribution < -0.4 is 5.32 Å². The summed E-state index contributed by atoms with van der Waals surface area (Å²) in [5, 5.41) is 4.39. The molecule has 0 atom stereocenters. The summed E-state index contributed by atoms with van der Waals surface area (Å²) in [6.45, 7) is 2.36. The Morgan fingerprint density at radius 3 is 2.70 bits per heavy atom. The lowest BCUT2D eigenvalue weighted by atomic mass is 9.94. The number of carbonyl (C=O) groups excluding carboxylic acids is 1. The van der Waals surface area contributed by atoms with E-state index in [0.717, 1.165) is 27.9 Å². The lowest BCUT2D eigenvalue weighted by Crippen LogP contribution is -2.22. The fourth-order valence-electron chi connectivity index (χ4n) is 2.60. The van der Waals surface area contributed by atoms with Crippen molar-refractivity contribution in [3.63, 3.8) is 0 Å². The summed E-state index contributed by atoms with van der Waals surface area (Å²) in [7, 11) is 0. The smallest absolute Gasteiger partial charge is 0.156 e. The van der Waals surface area contributed by atoms with Crippen molar-refractivity contribution in [1.29, 1.82) is 0 Å². The number of benzene rings is 2. The van der Waals surface area contributed by atoms with Gasteiger partial charge in [-0.1, -0.05) is 35.3 Å². The minimum atomic E-state index is 0.168. The topological polar surface area (TPSA) is 29.1 Å². The van der Waals surface area contributed by atoms with Gasteiger partial charge in [-0.2, -0.15) is 0 Å². The second kappa shape index (κ2) is 5.12. The monoisotopic (exact) mass is 305 g/mol. The third-order valence-corrected chi connectivity index (χ3v) is 4.15. The molecule has 4 heteroatoms. The molecule has 2 aromatic rings. The molecule has 0 amide bonds. The average molecular weight is 306 g/mol. The molecule has 0 radical (unpaired) electrons. The summed E-state index contributed by atoms with van der Waals surface area (Å²) in [5.74, 6) is 0.168. The van der Waals surface area contributed by atoms with E-state index in [1.165, 1.54) is 0 Å². The number of aryl methyl sites for hydroxylation is 1. The molecule has 20 heavy (non-hydrogen) atoms. The molecular weight excluding hydrogens is 293 g/mol. The Labute approximate surface area is 127 Å². The first-order valence-electron chi connectivity index (χ1n) is 6.40. The maximum Gasteiger partial charge on any atom is 0.156 e. The number of anilines is 1. The largest absolute Gasteiger partial charge is 0.377 e. The van der Waals surface area contributed by atoms with Gasteiger partial charge in [0.1, 0.15) is 0 Å². The lowest BCUT2D eigenvalue weighted by molar-refractivity contribution is -0.117. The molecule has 0 aromatic heterocycles. The van der Waals surface area contributed by atoms with Crippen molar-refractivity contribution in [2.24, 2.45) is 0 Å². The molecule has 0 bridgehead atoms. The average Bonchev–Trinajstić information content (AvgIpc) is 2.38. The van der Waals surface area contributed by atoms with Gasteiger partial charge in [-0.3, -0.25) is 4.79 Å². The SMILES string of the molecule is Cc1cccc(Cl)c1-c1cc(Cl)c2c(c1)CC(=O)CN2. The number of hydrogen-bond donors (Lipinski definition) is 1. The van der Waals surface area contributed by atoms with Crippen LogP contribution in [0.3, 0.4) is 0 Å². The molecule has 2 aromatic carbocycles. The summed E-state index contributed by atoms with van der Waals surface area (Å²) in [4.78, 5) is 11.6. The van der Waals surface area contributed by atoms with E-state index in [4.69, 9.17) is 23.2 Å². The first kappa shape index (κ1) is 13.5. The van der Waals surface area contributed by atoms with E-state index in [9.17, 15) is 4.79 Å². The highest BCUT2D eigenvalue weighted by Crippen LogP contribution is 2.38. The third kappa shape index (κ3) is 2.30. The van der Waals surface area contributed by atoms with Gasteiger partial charge in [0.2, 0.25) is 0 Å². The molecular formula is C16H13Cl2NO. The number of carbonyl (C=O) groups is 1. The van der Waals surface area contributed by atoms with Gasteiger partial charge in [0.15, 0.2) is 5.78 Å². The molecule has 2 nitrogen and oxygen atoms in total. The standard InChI is InChI=1S/C16H13Cl2NO/c1-9-3-2-4-13(17)15(9)10-5-11-6-12(20)8-19-16(11)14(18)7-10/h2-5,7,19H,6,8H2,1H3. The Hall–Kier alpha value is -1.51. The molecule has 102 valence electrons. The van der Waals surface area contributed by atoms with Crippen LogP contribution in [-0.4, -0.2) is 12.3 Å². The summed E-state index contributed by atoms with van der Waals surface area (Å²) < 4.78 is 0. The van der Waals surface area contributed by atoms with Gasteiger partial charge in [0, 0.05) is 17.0 Å². The highest BCUT2D eigenvalue weighted by atomic mass is 35.5. The zero-order valence-electron chi connectivity index (χ0n) is 11.0. The Kier molecular flexibility index (Phi) is 3.45. The minimum absolute atomic E-state index is 0.168. The Balaban J connectivity index is 2.19. The van der Waals surface area contributed by atoms with Gasteiger partial charge in [-0.05, 0) is 41.8 Å². The van der Waals surface area contributed by atoms with E-state index in [1.807, 2.05) is 37.3 Å². The van der Waals surface area contributed by atoms with Gasteiger partial charge in [0.05, 0.1) is 17.3 Å². The van der Waals surface area contributed by atoms with E-state index < -0.39 is 0 Å². The van der Waals surface area contributed by atoms with Gasteiger partial charge in [0.25, 0.3) is 0 Å². The molecule has 0 unspecified atom stereocenters. The molecule has 0 fully saturated rings. The fraction of sp³-hybridized carbons (Fsp3) is 0.188. The van der Waals surface area contributed by atoms with E-state index >= 15 is 0 Å². The van der Waals surface area contributed by atoms with E-state index in [1.54, 1.807) is 0 Å². The van der Waals surface area contributed by atoms with Gasteiger partial charge in [-0.15, -0.1) is 0 Å². The Bertz CT molecular complexity index is 690. The Morgan fingerprint density at radius 2 is 1.95 bits per heavy atom. The maximum atomic E-state index is 11.6. The van der Waals surface area contributed by atoms with Crippen molar-refractivity contribution in [3.05, 3.63) is 51.5 Å². The molecule has 1 heterocycles. The number of ketones is 1. The number of rotatable bonds is 1. The highest BCUT2D eigenvalue weighted by molar-refractivity contribution is 6.35. The molecule has 0 saturated heterocycles. The zero-order valence-corrected chi connectivity index (χ0v) is 12.5. The maximum absolute atomic E-state index is 11.6. The Morgan fingerprint density at radius 1 is 1.15 bits per heavy atom. The molecule has 3 rings (SSSR count). The molecule has 1 aliphatic heterocycles. The second-order valence-electron chi connectivity index (χ2n) is 4.99. The lowest BCUT2D eigenvalue weighted by Gasteiger charge is -2.20. The van der Waals surface area contributed by atoms with Gasteiger partial charge < -0.3 is 5.32 Å². The molecule has 1 N–H and O–H groups in total. The highest BCUT2D eigenvalue weighted by Gasteiger charge is 2.19. The van der Waals surface area contributed by atoms with Crippen molar-refractivity contribution < 1.29 is 4.79 Å². The summed E-state index contributed by atoms with van der Waals surface area (Å²) in [6, 6.07) is 9.70. The molecule has 0 spiro atoms. The van der Waals surface area contributed by atoms with Crippen LogP contribution in [0.25, 0.3) is 11.1 Å². The normalized spacial score (nSPS) is 13.8. The van der Waals surface area contributed by atoms with Crippen LogP contribution in [0, 0.1) is 6.92 Å². The predicted molar refractivity (Wildman–Crippen MR) is 83.8 cm³/mol. The zero-order chi connectivity index (χ0) is 14.3. The molecule has 1 aliphatic rings. The summed E-state index contributed by atoms with van der Waals surface area (Å²) in [5.41, 5.74) is 4.80. The number of halogens is 2. The van der Waals surface area contributed by atoms with E-state index in [2.05, 4.69) is 5.32 Å². The second-order valence-corrected chi connectivity index (χ2v) is 5.81. The summed E-state index contributed by atoms with van der Waals surface area (Å²) >= 11 is 12.6. The van der Waals surface area contributed by atoms with Crippen LogP contribution in [0.5, 0.6) is 0 Å². The summed E-state index contributed by atoms with van der Waals surface area (Å²) in [6.07, 6.45) is 0.416. The van der Waals surface area contributed by atoms with Crippen molar-refractivity contribution >= 4 is 34.7 Å². The quantitative estimate of drug-likeness (QED) is 0.840. The number of nitrogens with one attached hydrogen (secondary N) is 1. The fourth-order valence-corrected chi connectivity index (χ4v) is 3.24. The molecule has 0 saturated carbocycles. The number of fused-ring (bicyclic) bond motifs is 1. The van der Waals surface area contributed by atoms with Crippen LogP contribution in [-0.2, 0) is 11.2 Å². The van der Waals surface area contributed by atoms with E-state index in [0.29, 0.717) is 23.0 Å². The van der Waals surface area contributed by atoms with Crippen molar-refractivity contribution in [1.82, 2.24) is 0 Å². The first-order valence-corrected chi connectivity index (χ1v) is 7.15. The minimum Gasteiger partial charge on any atom is -0.377 e. The van der Waals surface area contributed by atoms with Crippen molar-refractivity contribution in [2.75, 3.05) is 11.9 Å².